The standard InChI is InChI=1S/C14H14ClNO2/c15-10-4-5-12(13(16)8-10)14(18)7-9-2-1-3-11(17)6-9/h1-6,8,14,17-18H,7,16H2. The molecular weight excluding hydrogens is 250 g/mol. The van der Waals surface area contributed by atoms with E-state index in [2.05, 4.69) is 0 Å². The van der Waals surface area contributed by atoms with Crippen molar-refractivity contribution >= 4 is 17.3 Å². The maximum atomic E-state index is 10.1. The van der Waals surface area contributed by atoms with Gasteiger partial charge in [0, 0.05) is 22.7 Å². The lowest BCUT2D eigenvalue weighted by Gasteiger charge is -2.14. The van der Waals surface area contributed by atoms with Crippen molar-refractivity contribution in [3.63, 3.8) is 0 Å². The number of nitrogens with two attached hydrogens (primary N) is 1. The van der Waals surface area contributed by atoms with Crippen molar-refractivity contribution in [2.75, 3.05) is 5.73 Å². The molecule has 0 radical (unpaired) electrons. The largest absolute Gasteiger partial charge is 0.508 e. The van der Waals surface area contributed by atoms with Crippen molar-refractivity contribution < 1.29 is 10.2 Å². The number of aliphatic hydroxyl groups is 1. The second kappa shape index (κ2) is 5.29. The van der Waals surface area contributed by atoms with Crippen molar-refractivity contribution in [2.24, 2.45) is 0 Å². The van der Waals surface area contributed by atoms with Crippen LogP contribution in [0.1, 0.15) is 17.2 Å². The summed E-state index contributed by atoms with van der Waals surface area (Å²) in [6, 6.07) is 11.8. The fraction of sp³-hybridized carbons (Fsp3) is 0.143. The quantitative estimate of drug-likeness (QED) is 0.746. The summed E-state index contributed by atoms with van der Waals surface area (Å²) in [5, 5.41) is 20.0. The fourth-order valence-corrected chi connectivity index (χ4v) is 2.05. The Hall–Kier alpha value is -1.71. The Morgan fingerprint density at radius 1 is 1.17 bits per heavy atom. The van der Waals surface area contributed by atoms with Gasteiger partial charge < -0.3 is 15.9 Å². The van der Waals surface area contributed by atoms with Crippen LogP contribution in [-0.4, -0.2) is 10.2 Å². The normalized spacial score (nSPS) is 12.3. The molecule has 94 valence electrons. The van der Waals surface area contributed by atoms with Gasteiger partial charge in [0.2, 0.25) is 0 Å². The van der Waals surface area contributed by atoms with Crippen molar-refractivity contribution in [3.05, 3.63) is 58.6 Å². The van der Waals surface area contributed by atoms with E-state index in [1.165, 1.54) is 0 Å². The van der Waals surface area contributed by atoms with E-state index in [1.807, 2.05) is 6.07 Å². The smallest absolute Gasteiger partial charge is 0.115 e. The van der Waals surface area contributed by atoms with E-state index >= 15 is 0 Å². The van der Waals surface area contributed by atoms with E-state index in [-0.39, 0.29) is 5.75 Å². The molecule has 1 unspecified atom stereocenters. The second-order valence-electron chi connectivity index (χ2n) is 4.16. The van der Waals surface area contributed by atoms with Crippen LogP contribution in [0.5, 0.6) is 5.75 Å². The predicted molar refractivity (Wildman–Crippen MR) is 72.6 cm³/mol. The minimum absolute atomic E-state index is 0.184. The van der Waals surface area contributed by atoms with Crippen LogP contribution in [-0.2, 0) is 6.42 Å². The average Bonchev–Trinajstić information content (AvgIpc) is 2.28. The van der Waals surface area contributed by atoms with Crippen LogP contribution in [0.4, 0.5) is 5.69 Å². The van der Waals surface area contributed by atoms with E-state index < -0.39 is 6.10 Å². The number of aliphatic hydroxyl groups excluding tert-OH is 1. The molecular formula is C14H14ClNO2. The van der Waals surface area contributed by atoms with Gasteiger partial charge in [-0.05, 0) is 29.8 Å². The Balaban J connectivity index is 2.19. The predicted octanol–water partition coefficient (Wildman–Crippen LogP) is 2.90. The molecule has 4 heteroatoms. The molecule has 4 N–H and O–H groups in total. The number of benzene rings is 2. The molecule has 0 aromatic heterocycles. The first-order valence-electron chi connectivity index (χ1n) is 5.57. The summed E-state index contributed by atoms with van der Waals surface area (Å²) < 4.78 is 0. The van der Waals surface area contributed by atoms with Gasteiger partial charge in [-0.2, -0.15) is 0 Å². The van der Waals surface area contributed by atoms with Crippen LogP contribution >= 0.6 is 11.6 Å². The van der Waals surface area contributed by atoms with Crippen LogP contribution < -0.4 is 5.73 Å². The van der Waals surface area contributed by atoms with Gasteiger partial charge in [0.05, 0.1) is 6.10 Å². The molecule has 0 aliphatic rings. The van der Waals surface area contributed by atoms with Crippen LogP contribution in [0.3, 0.4) is 0 Å². The Morgan fingerprint density at radius 3 is 2.61 bits per heavy atom. The lowest BCUT2D eigenvalue weighted by atomic mass is 10.00. The highest BCUT2D eigenvalue weighted by Gasteiger charge is 2.12. The summed E-state index contributed by atoms with van der Waals surface area (Å²) in [6.45, 7) is 0. The molecule has 0 saturated carbocycles. The lowest BCUT2D eigenvalue weighted by molar-refractivity contribution is 0.179. The molecule has 0 heterocycles. The number of halogens is 1. The number of hydrogen-bond acceptors (Lipinski definition) is 3. The van der Waals surface area contributed by atoms with Gasteiger partial charge >= 0.3 is 0 Å². The molecule has 2 aromatic rings. The van der Waals surface area contributed by atoms with Gasteiger partial charge in [-0.1, -0.05) is 29.8 Å². The zero-order valence-corrected chi connectivity index (χ0v) is 10.4. The maximum absolute atomic E-state index is 10.1. The van der Waals surface area contributed by atoms with Gasteiger partial charge in [0.25, 0.3) is 0 Å². The van der Waals surface area contributed by atoms with E-state index in [1.54, 1.807) is 36.4 Å². The van der Waals surface area contributed by atoms with E-state index in [9.17, 15) is 10.2 Å². The molecule has 0 bridgehead atoms. The van der Waals surface area contributed by atoms with Crippen molar-refractivity contribution in [3.8, 4) is 5.75 Å². The number of nitrogen functional groups attached to an aromatic ring is 1. The molecule has 2 rings (SSSR count). The van der Waals surface area contributed by atoms with Crippen molar-refractivity contribution in [1.29, 1.82) is 0 Å². The summed E-state index contributed by atoms with van der Waals surface area (Å²) in [6.07, 6.45) is -0.329. The number of phenols is 1. The Morgan fingerprint density at radius 2 is 1.94 bits per heavy atom. The third-order valence-corrected chi connectivity index (χ3v) is 2.98. The van der Waals surface area contributed by atoms with Crippen LogP contribution in [0, 0.1) is 0 Å². The van der Waals surface area contributed by atoms with Gasteiger partial charge in [-0.15, -0.1) is 0 Å². The molecule has 0 fully saturated rings. The Labute approximate surface area is 110 Å². The first-order valence-corrected chi connectivity index (χ1v) is 5.95. The summed E-state index contributed by atoms with van der Waals surface area (Å²) in [4.78, 5) is 0. The highest BCUT2D eigenvalue weighted by atomic mass is 35.5. The molecule has 18 heavy (non-hydrogen) atoms. The first-order chi connectivity index (χ1) is 8.56. The Bertz CT molecular complexity index is 557. The number of aromatic hydroxyl groups is 1. The zero-order chi connectivity index (χ0) is 13.1. The van der Waals surface area contributed by atoms with E-state index in [0.29, 0.717) is 22.7 Å². The molecule has 0 spiro atoms. The second-order valence-corrected chi connectivity index (χ2v) is 4.60. The fourth-order valence-electron chi connectivity index (χ4n) is 1.87. The molecule has 0 aliphatic heterocycles. The highest BCUT2D eigenvalue weighted by Crippen LogP contribution is 2.27. The molecule has 3 nitrogen and oxygen atoms in total. The number of phenolic OH excluding ortho intramolecular Hbond substituents is 1. The van der Waals surface area contributed by atoms with Gasteiger partial charge in [-0.25, -0.2) is 0 Å². The number of hydrogen-bond donors (Lipinski definition) is 3. The monoisotopic (exact) mass is 263 g/mol. The number of anilines is 1. The zero-order valence-electron chi connectivity index (χ0n) is 9.68. The third kappa shape index (κ3) is 2.94. The van der Waals surface area contributed by atoms with Crippen molar-refractivity contribution in [1.82, 2.24) is 0 Å². The average molecular weight is 264 g/mol. The van der Waals surface area contributed by atoms with E-state index in [0.717, 1.165) is 5.56 Å². The number of rotatable bonds is 3. The van der Waals surface area contributed by atoms with Gasteiger partial charge in [0.15, 0.2) is 0 Å². The molecule has 0 amide bonds. The SMILES string of the molecule is Nc1cc(Cl)ccc1C(O)Cc1cccc(O)c1. The molecule has 1 atom stereocenters. The summed E-state index contributed by atoms with van der Waals surface area (Å²) in [7, 11) is 0. The maximum Gasteiger partial charge on any atom is 0.115 e. The molecule has 0 aliphatic carbocycles. The van der Waals surface area contributed by atoms with Crippen molar-refractivity contribution in [2.45, 2.75) is 12.5 Å². The highest BCUT2D eigenvalue weighted by molar-refractivity contribution is 6.30. The summed E-state index contributed by atoms with van der Waals surface area (Å²) in [5.74, 6) is 0.184. The van der Waals surface area contributed by atoms with Crippen LogP contribution in [0.2, 0.25) is 5.02 Å². The Kier molecular flexibility index (Phi) is 3.75. The van der Waals surface area contributed by atoms with Gasteiger partial charge in [0.1, 0.15) is 5.75 Å². The van der Waals surface area contributed by atoms with Gasteiger partial charge in [-0.3, -0.25) is 0 Å². The van der Waals surface area contributed by atoms with E-state index in [4.69, 9.17) is 17.3 Å². The summed E-state index contributed by atoms with van der Waals surface area (Å²) in [5.41, 5.74) is 7.77. The van der Waals surface area contributed by atoms with Crippen LogP contribution in [0.15, 0.2) is 42.5 Å². The first kappa shape index (κ1) is 12.7. The minimum Gasteiger partial charge on any atom is -0.508 e. The summed E-state index contributed by atoms with van der Waals surface area (Å²) >= 11 is 5.81. The van der Waals surface area contributed by atoms with Crippen LogP contribution in [0.25, 0.3) is 0 Å². The minimum atomic E-state index is -0.718. The third-order valence-electron chi connectivity index (χ3n) is 2.75. The lowest BCUT2D eigenvalue weighted by Crippen LogP contribution is -2.05. The topological polar surface area (TPSA) is 66.5 Å². The molecule has 0 saturated heterocycles. The molecule has 2 aromatic carbocycles.